The van der Waals surface area contributed by atoms with Gasteiger partial charge in [0.2, 0.25) is 5.91 Å². The van der Waals surface area contributed by atoms with Crippen molar-refractivity contribution in [3.63, 3.8) is 0 Å². The van der Waals surface area contributed by atoms with E-state index < -0.39 is 0 Å². The summed E-state index contributed by atoms with van der Waals surface area (Å²) in [5.41, 5.74) is 0. The van der Waals surface area contributed by atoms with Crippen LogP contribution in [0, 0.1) is 5.92 Å². The summed E-state index contributed by atoms with van der Waals surface area (Å²) in [5, 5.41) is 7.52. The number of rotatable bonds is 3. The molecule has 1 N–H and O–H groups in total. The normalized spacial score (nSPS) is 27.5. The first-order valence-electron chi connectivity index (χ1n) is 7.67. The number of likely N-dealkylation sites (tertiary alicyclic amines) is 1. The van der Waals surface area contributed by atoms with Crippen molar-refractivity contribution in [2.45, 2.75) is 44.7 Å². The second-order valence-corrected chi connectivity index (χ2v) is 5.91. The van der Waals surface area contributed by atoms with E-state index in [9.17, 15) is 4.79 Å². The molecule has 2 atom stereocenters. The van der Waals surface area contributed by atoms with Crippen LogP contribution in [0.15, 0.2) is 12.7 Å². The number of carbonyl (C=O) groups excluding carboxylic acids is 1. The quantitative estimate of drug-likeness (QED) is 0.881. The van der Waals surface area contributed by atoms with Gasteiger partial charge in [0.25, 0.3) is 0 Å². The lowest BCUT2D eigenvalue weighted by molar-refractivity contribution is -0.136. The monoisotopic (exact) mass is 277 g/mol. The van der Waals surface area contributed by atoms with E-state index in [4.69, 9.17) is 0 Å². The molecule has 2 saturated heterocycles. The van der Waals surface area contributed by atoms with Crippen LogP contribution in [0.25, 0.3) is 0 Å². The zero-order valence-corrected chi connectivity index (χ0v) is 11.9. The first-order valence-corrected chi connectivity index (χ1v) is 7.67. The summed E-state index contributed by atoms with van der Waals surface area (Å²) in [5.74, 6) is 0.797. The number of nitrogens with zero attached hydrogens (tertiary/aromatic N) is 4. The molecule has 110 valence electrons. The number of hydrogen-bond donors (Lipinski definition) is 1. The summed E-state index contributed by atoms with van der Waals surface area (Å²) in [6.07, 6.45) is 8.93. The number of carbonyl (C=O) groups is 1. The molecular formula is C14H23N5O. The van der Waals surface area contributed by atoms with Crippen LogP contribution in [0.3, 0.4) is 0 Å². The number of piperidine rings is 2. The molecule has 2 aliphatic rings. The van der Waals surface area contributed by atoms with Crippen LogP contribution in [0.1, 0.15) is 32.1 Å². The fourth-order valence-corrected chi connectivity index (χ4v) is 3.29. The summed E-state index contributed by atoms with van der Waals surface area (Å²) in [6, 6.07) is 0.0499. The SMILES string of the molecule is O=C(C1CCCCN1)N1CCCC(Cn2cncn2)C1. The third kappa shape index (κ3) is 3.17. The molecule has 6 heteroatoms. The zero-order chi connectivity index (χ0) is 13.8. The Hall–Kier alpha value is -1.43. The van der Waals surface area contributed by atoms with E-state index >= 15 is 0 Å². The lowest BCUT2D eigenvalue weighted by atomic mass is 9.96. The van der Waals surface area contributed by atoms with E-state index in [1.165, 1.54) is 19.3 Å². The molecule has 1 amide bonds. The summed E-state index contributed by atoms with van der Waals surface area (Å²) in [6.45, 7) is 3.61. The van der Waals surface area contributed by atoms with Gasteiger partial charge in [-0.15, -0.1) is 0 Å². The molecule has 2 unspecified atom stereocenters. The predicted octanol–water partition coefficient (Wildman–Crippen LogP) is 0.659. The maximum atomic E-state index is 12.5. The summed E-state index contributed by atoms with van der Waals surface area (Å²) in [4.78, 5) is 18.6. The molecule has 0 aliphatic carbocycles. The van der Waals surface area contributed by atoms with Crippen molar-refractivity contribution in [3.8, 4) is 0 Å². The van der Waals surface area contributed by atoms with Gasteiger partial charge in [0.05, 0.1) is 6.04 Å². The lowest BCUT2D eigenvalue weighted by Crippen LogP contribution is -2.51. The minimum absolute atomic E-state index is 0.0499. The highest BCUT2D eigenvalue weighted by atomic mass is 16.2. The van der Waals surface area contributed by atoms with Crippen molar-refractivity contribution < 1.29 is 4.79 Å². The van der Waals surface area contributed by atoms with E-state index in [0.29, 0.717) is 11.8 Å². The molecule has 1 aromatic rings. The molecule has 0 aromatic carbocycles. The minimum Gasteiger partial charge on any atom is -0.341 e. The van der Waals surface area contributed by atoms with Crippen LogP contribution in [0.2, 0.25) is 0 Å². The Kier molecular flexibility index (Phi) is 4.30. The van der Waals surface area contributed by atoms with Gasteiger partial charge >= 0.3 is 0 Å². The summed E-state index contributed by atoms with van der Waals surface area (Å²) >= 11 is 0. The van der Waals surface area contributed by atoms with Crippen molar-refractivity contribution in [2.75, 3.05) is 19.6 Å². The maximum absolute atomic E-state index is 12.5. The van der Waals surface area contributed by atoms with Gasteiger partial charge in [-0.25, -0.2) is 4.98 Å². The van der Waals surface area contributed by atoms with E-state index in [0.717, 1.165) is 39.0 Å². The molecule has 1 aromatic heterocycles. The number of amides is 1. The van der Waals surface area contributed by atoms with Gasteiger partial charge in [-0.2, -0.15) is 5.10 Å². The Labute approximate surface area is 119 Å². The molecule has 3 rings (SSSR count). The number of aromatic nitrogens is 3. The molecule has 3 heterocycles. The average Bonchev–Trinajstić information content (AvgIpc) is 3.01. The van der Waals surface area contributed by atoms with Gasteiger partial charge in [0.15, 0.2) is 0 Å². The smallest absolute Gasteiger partial charge is 0.239 e. The van der Waals surface area contributed by atoms with Crippen LogP contribution in [0.5, 0.6) is 0 Å². The van der Waals surface area contributed by atoms with Crippen LogP contribution < -0.4 is 5.32 Å². The van der Waals surface area contributed by atoms with Crippen LogP contribution in [-0.2, 0) is 11.3 Å². The van der Waals surface area contributed by atoms with E-state index in [2.05, 4.69) is 15.4 Å². The first-order chi connectivity index (χ1) is 9.83. The van der Waals surface area contributed by atoms with Gasteiger partial charge in [-0.1, -0.05) is 6.42 Å². The molecule has 0 bridgehead atoms. The molecular weight excluding hydrogens is 254 g/mol. The molecule has 6 nitrogen and oxygen atoms in total. The molecule has 0 radical (unpaired) electrons. The zero-order valence-electron chi connectivity index (χ0n) is 11.9. The van der Waals surface area contributed by atoms with Crippen molar-refractivity contribution in [1.82, 2.24) is 25.0 Å². The third-order valence-electron chi connectivity index (χ3n) is 4.35. The highest BCUT2D eigenvalue weighted by molar-refractivity contribution is 5.82. The van der Waals surface area contributed by atoms with Crippen molar-refractivity contribution in [1.29, 1.82) is 0 Å². The Morgan fingerprint density at radius 2 is 2.25 bits per heavy atom. The first kappa shape index (κ1) is 13.5. The van der Waals surface area contributed by atoms with Gasteiger partial charge < -0.3 is 10.2 Å². The number of hydrogen-bond acceptors (Lipinski definition) is 4. The highest BCUT2D eigenvalue weighted by Gasteiger charge is 2.29. The van der Waals surface area contributed by atoms with E-state index in [1.54, 1.807) is 12.7 Å². The van der Waals surface area contributed by atoms with Crippen LogP contribution in [-0.4, -0.2) is 51.2 Å². The minimum atomic E-state index is 0.0499. The van der Waals surface area contributed by atoms with Crippen LogP contribution in [0.4, 0.5) is 0 Å². The fraction of sp³-hybridized carbons (Fsp3) is 0.786. The summed E-state index contributed by atoms with van der Waals surface area (Å²) < 4.78 is 1.87. The van der Waals surface area contributed by atoms with Gasteiger partial charge in [-0.3, -0.25) is 9.48 Å². The molecule has 20 heavy (non-hydrogen) atoms. The molecule has 0 saturated carbocycles. The van der Waals surface area contributed by atoms with Crippen molar-refractivity contribution in [3.05, 3.63) is 12.7 Å². The highest BCUT2D eigenvalue weighted by Crippen LogP contribution is 2.20. The standard InChI is InChI=1S/C14H23N5O/c20-14(13-5-1-2-6-16-13)18-7-3-4-12(8-18)9-19-11-15-10-17-19/h10-13,16H,1-9H2. The van der Waals surface area contributed by atoms with Gasteiger partial charge in [0.1, 0.15) is 12.7 Å². The maximum Gasteiger partial charge on any atom is 0.239 e. The fourth-order valence-electron chi connectivity index (χ4n) is 3.29. The van der Waals surface area contributed by atoms with Crippen molar-refractivity contribution >= 4 is 5.91 Å². The Morgan fingerprint density at radius 3 is 3.00 bits per heavy atom. The average molecular weight is 277 g/mol. The molecule has 2 aliphatic heterocycles. The second-order valence-electron chi connectivity index (χ2n) is 5.91. The third-order valence-corrected chi connectivity index (χ3v) is 4.35. The van der Waals surface area contributed by atoms with Crippen LogP contribution >= 0.6 is 0 Å². The Balaban J connectivity index is 1.55. The topological polar surface area (TPSA) is 63.1 Å². The predicted molar refractivity (Wildman–Crippen MR) is 75.0 cm³/mol. The molecule has 2 fully saturated rings. The van der Waals surface area contributed by atoms with Gasteiger partial charge in [0, 0.05) is 19.6 Å². The van der Waals surface area contributed by atoms with E-state index in [1.807, 2.05) is 9.58 Å². The summed E-state index contributed by atoms with van der Waals surface area (Å²) in [7, 11) is 0. The Morgan fingerprint density at radius 1 is 1.30 bits per heavy atom. The second kappa shape index (κ2) is 6.35. The van der Waals surface area contributed by atoms with Crippen molar-refractivity contribution in [2.24, 2.45) is 5.92 Å². The van der Waals surface area contributed by atoms with Gasteiger partial charge in [-0.05, 0) is 38.1 Å². The lowest BCUT2D eigenvalue weighted by Gasteiger charge is -2.36. The Bertz CT molecular complexity index is 427. The number of nitrogens with one attached hydrogen (secondary N) is 1. The van der Waals surface area contributed by atoms with E-state index in [-0.39, 0.29) is 6.04 Å². The largest absolute Gasteiger partial charge is 0.341 e. The molecule has 0 spiro atoms.